The number of hydrogen-bond donors (Lipinski definition) is 0. The summed E-state index contributed by atoms with van der Waals surface area (Å²) in [7, 11) is 14.7. The van der Waals surface area contributed by atoms with Crippen LogP contribution in [0, 0.1) is 6.92 Å². The molecule has 13 heteroatoms. The van der Waals surface area contributed by atoms with Gasteiger partial charge in [-0.15, -0.1) is 0 Å². The van der Waals surface area contributed by atoms with Gasteiger partial charge in [0.05, 0.1) is 50.5 Å². The Hall–Kier alpha value is -9.10. The van der Waals surface area contributed by atoms with E-state index >= 15 is 0 Å². The predicted octanol–water partition coefficient (Wildman–Crippen LogP) is 21.0. The van der Waals surface area contributed by atoms with Crippen LogP contribution in [-0.4, -0.2) is 62.1 Å². The molecule has 0 aliphatic carbocycles. The molecule has 0 fully saturated rings. The van der Waals surface area contributed by atoms with E-state index < -0.39 is 0 Å². The number of aryl methyl sites for hydroxylation is 7. The summed E-state index contributed by atoms with van der Waals surface area (Å²) in [5.74, 6) is 1.14. The number of pyridine rings is 4. The maximum absolute atomic E-state index is 4.65. The lowest BCUT2D eigenvalue weighted by Gasteiger charge is -2.21. The van der Waals surface area contributed by atoms with Gasteiger partial charge < -0.3 is 27.4 Å². The Morgan fingerprint density at radius 1 is 0.303 bits per heavy atom. The van der Waals surface area contributed by atoms with Crippen molar-refractivity contribution in [1.82, 2.24) is 62.1 Å². The summed E-state index contributed by atoms with van der Waals surface area (Å²) in [4.78, 5) is 21.7. The molecule has 0 saturated heterocycles. The maximum Gasteiger partial charge on any atom is 0.139 e. The molecule has 0 atom stereocenters. The first-order chi connectivity index (χ1) is 45.9. The molecule has 0 bridgehead atoms. The van der Waals surface area contributed by atoms with Gasteiger partial charge in [0.2, 0.25) is 0 Å². The minimum absolute atomic E-state index is 0.105. The quantitative estimate of drug-likeness (QED) is 0.149. The molecule has 13 nitrogen and oxygen atoms in total. The normalized spacial score (nSPS) is 12.3. The van der Waals surface area contributed by atoms with Crippen molar-refractivity contribution in [3.8, 4) is 0 Å². The van der Waals surface area contributed by atoms with E-state index in [1.54, 1.807) is 0 Å². The summed E-state index contributed by atoms with van der Waals surface area (Å²) < 4.78 is 15.4. The van der Waals surface area contributed by atoms with E-state index in [0.29, 0.717) is 0 Å². The highest BCUT2D eigenvalue weighted by molar-refractivity contribution is 5.89. The lowest BCUT2D eigenvalue weighted by molar-refractivity contribution is 0.526. The van der Waals surface area contributed by atoms with Crippen LogP contribution < -0.4 is 0 Å². The molecule has 11 heterocycles. The molecule has 0 radical (unpaired) electrons. The second-order valence-corrected chi connectivity index (χ2v) is 33.8. The van der Waals surface area contributed by atoms with Crippen LogP contribution in [0.1, 0.15) is 191 Å². The summed E-state index contributed by atoms with van der Waals surface area (Å²) >= 11 is 0. The smallest absolute Gasteiger partial charge is 0.139 e. The first-order valence-electron chi connectivity index (χ1n) is 34.9. The molecule has 0 saturated carbocycles. The first kappa shape index (κ1) is 75.7. The summed E-state index contributed by atoms with van der Waals surface area (Å²) in [6.45, 7) is 49.0. The average molecular weight is 1330 g/mol. The van der Waals surface area contributed by atoms with Crippen molar-refractivity contribution in [3.05, 3.63) is 216 Å². The van der Waals surface area contributed by atoms with E-state index in [1.165, 1.54) is 94.2 Å². The third-order valence-corrected chi connectivity index (χ3v) is 18.4. The van der Waals surface area contributed by atoms with Gasteiger partial charge in [-0.3, -0.25) is 19.6 Å². The molecule has 99 heavy (non-hydrogen) atoms. The maximum atomic E-state index is 4.65. The second-order valence-electron chi connectivity index (χ2n) is 33.8. The number of fused-ring (bicyclic) bond motifs is 7. The molecule has 0 spiro atoms. The molecule has 0 N–H and O–H groups in total. The summed E-state index contributed by atoms with van der Waals surface area (Å²) in [5.41, 5.74) is 19.8. The Morgan fingerprint density at radius 2 is 0.758 bits per heavy atom. The van der Waals surface area contributed by atoms with Crippen LogP contribution in [0.15, 0.2) is 171 Å². The van der Waals surface area contributed by atoms with Crippen LogP contribution >= 0.6 is 0 Å². The lowest BCUT2D eigenvalue weighted by atomic mass is 9.89. The van der Waals surface area contributed by atoms with Crippen LogP contribution in [0.3, 0.4) is 0 Å². The minimum atomic E-state index is 0.105. The lowest BCUT2D eigenvalue weighted by Crippen LogP contribution is -2.17. The molecule has 0 aliphatic heterocycles. The van der Waals surface area contributed by atoms with Crippen molar-refractivity contribution in [2.75, 3.05) is 0 Å². The Balaban J connectivity index is 0.000000147. The second kappa shape index (κ2) is 29.0. The number of hydrogen-bond acceptors (Lipinski definition) is 6. The Morgan fingerprint density at radius 3 is 1.30 bits per heavy atom. The van der Waals surface area contributed by atoms with Gasteiger partial charge >= 0.3 is 0 Å². The van der Waals surface area contributed by atoms with Gasteiger partial charge in [0.25, 0.3) is 0 Å². The topological polar surface area (TPSA) is 112 Å². The number of rotatable bonds is 0. The van der Waals surface area contributed by atoms with E-state index in [4.69, 9.17) is 0 Å². The predicted molar refractivity (Wildman–Crippen MR) is 423 cm³/mol. The zero-order chi connectivity index (χ0) is 73.3. The average Bonchev–Trinajstić information content (AvgIpc) is 1.63. The molecule has 524 valence electrons. The largest absolute Gasteiger partial charge is 0.350 e. The molecule has 0 aliphatic rings. The molecule has 11 aromatic heterocycles. The van der Waals surface area contributed by atoms with E-state index in [2.05, 4.69) is 361 Å². The zero-order valence-corrected chi connectivity index (χ0v) is 65.5. The highest BCUT2D eigenvalue weighted by atomic mass is 15.3. The van der Waals surface area contributed by atoms with Gasteiger partial charge in [0.15, 0.2) is 0 Å². The number of imidazole rings is 1. The Labute approximate surface area is 591 Å². The summed E-state index contributed by atoms with van der Waals surface area (Å²) in [5, 5.41) is 12.3. The van der Waals surface area contributed by atoms with Gasteiger partial charge in [-0.2, -0.15) is 5.10 Å². The standard InChI is InChI=1S/C14H19N.6C12H16N2/c1-10-11-8-6-7-9-12(11)13(15(10)5)14(2,3)4;1-12(2,3)11-7-9-8-13-6-5-10(9)14(11)4;1-12(2,3)11-7-9-5-6-13-8-10(9)14(11)4;1-12(2,3)11-8-9-10(14(11)4)6-5-7-13-9;1-12(2,3)10-8-9-6-5-7-13-11(9)14(10)4;1-12(2,3)11-13-9-7-5-6-8-10(9)14(11)4;1-12(2,3)11-9-7-5-6-8-10(9)13-14(11)4/h6-9H,1-5H3;6*5-8H,1-4H3. The van der Waals surface area contributed by atoms with Crippen molar-refractivity contribution in [3.63, 3.8) is 0 Å². The monoisotopic (exact) mass is 1330 g/mol. The van der Waals surface area contributed by atoms with E-state index in [0.717, 1.165) is 28.0 Å². The van der Waals surface area contributed by atoms with Crippen molar-refractivity contribution in [2.45, 2.75) is 190 Å². The Bertz CT molecular complexity index is 4510. The van der Waals surface area contributed by atoms with Gasteiger partial charge in [0, 0.05) is 185 Å². The van der Waals surface area contributed by atoms with E-state index in [1.807, 2.05) is 73.2 Å². The fourth-order valence-electron chi connectivity index (χ4n) is 13.9. The van der Waals surface area contributed by atoms with Gasteiger partial charge in [-0.1, -0.05) is 200 Å². The molecular weight excluding hydrogens is 1220 g/mol. The van der Waals surface area contributed by atoms with Crippen LogP contribution in [-0.2, 0) is 87.2 Å². The number of para-hydroxylation sites is 2. The van der Waals surface area contributed by atoms with E-state index in [-0.39, 0.29) is 37.9 Å². The first-order valence-corrected chi connectivity index (χ1v) is 34.9. The third kappa shape index (κ3) is 17.1. The molecule has 14 aromatic rings. The van der Waals surface area contributed by atoms with Crippen LogP contribution in [0.2, 0.25) is 0 Å². The van der Waals surface area contributed by atoms with Gasteiger partial charge in [0.1, 0.15) is 11.5 Å². The number of benzene rings is 3. The third-order valence-electron chi connectivity index (χ3n) is 18.4. The highest BCUT2D eigenvalue weighted by Crippen LogP contribution is 2.36. The van der Waals surface area contributed by atoms with Gasteiger partial charge in [-0.25, -0.2) is 9.97 Å². The molecule has 0 unspecified atom stereocenters. The minimum Gasteiger partial charge on any atom is -0.350 e. The number of aromatic nitrogens is 13. The molecule has 14 rings (SSSR count). The molecule has 0 amide bonds. The van der Waals surface area contributed by atoms with Crippen LogP contribution in [0.25, 0.3) is 76.6 Å². The Kier molecular flexibility index (Phi) is 22.2. The molecular formula is C86H115N13. The highest BCUT2D eigenvalue weighted by Gasteiger charge is 2.26. The van der Waals surface area contributed by atoms with Crippen molar-refractivity contribution >= 4 is 76.6 Å². The molecule has 3 aromatic carbocycles. The van der Waals surface area contributed by atoms with Gasteiger partial charge in [-0.05, 0) is 85.8 Å². The van der Waals surface area contributed by atoms with Crippen LogP contribution in [0.5, 0.6) is 0 Å². The summed E-state index contributed by atoms with van der Waals surface area (Å²) in [6.07, 6.45) is 11.2. The number of nitrogens with zero attached hydrogens (tertiary/aromatic N) is 13. The summed E-state index contributed by atoms with van der Waals surface area (Å²) in [6, 6.07) is 46.4. The van der Waals surface area contributed by atoms with E-state index in [9.17, 15) is 0 Å². The fraction of sp³-hybridized carbons (Fsp3) is 0.419. The van der Waals surface area contributed by atoms with Crippen molar-refractivity contribution < 1.29 is 0 Å². The SMILES string of the molecule is Cc1c2ccccc2c(C(C)(C)C)n1C.Cn1c(C(C)(C)C)cc2cccnc21.Cn1c(C(C)(C)C)cc2ccncc21.Cn1c(C(C)(C)C)cc2cnccc21.Cn1c(C(C)(C)C)cc2ncccc21.Cn1c(C(C)(C)C)nc2ccccc21.Cn1nc2ccccc2c1C(C)(C)C. The zero-order valence-electron chi connectivity index (χ0n) is 65.5. The van der Waals surface area contributed by atoms with Crippen molar-refractivity contribution in [1.29, 1.82) is 0 Å². The van der Waals surface area contributed by atoms with Crippen LogP contribution in [0.4, 0.5) is 0 Å². The fourth-order valence-corrected chi connectivity index (χ4v) is 13.9. The van der Waals surface area contributed by atoms with Crippen molar-refractivity contribution in [2.24, 2.45) is 49.3 Å².